The third kappa shape index (κ3) is 7.30. The highest BCUT2D eigenvalue weighted by Gasteiger charge is 2.26. The molecule has 0 aromatic heterocycles. The lowest BCUT2D eigenvalue weighted by atomic mass is 9.93. The molecule has 0 radical (unpaired) electrons. The zero-order valence-electron chi connectivity index (χ0n) is 19.3. The maximum Gasteiger partial charge on any atom is 0.246 e. The second-order valence-corrected chi connectivity index (χ2v) is 8.67. The Morgan fingerprint density at radius 1 is 1.09 bits per heavy atom. The summed E-state index contributed by atoms with van der Waals surface area (Å²) in [5.74, 6) is -1.39. The number of hydroxylamine groups is 1. The van der Waals surface area contributed by atoms with Gasteiger partial charge >= 0.3 is 0 Å². The number of piperazine rings is 1. The summed E-state index contributed by atoms with van der Waals surface area (Å²) in [7, 11) is 1.56. The highest BCUT2D eigenvalue weighted by molar-refractivity contribution is 5.77. The van der Waals surface area contributed by atoms with Crippen molar-refractivity contribution in [2.24, 2.45) is 5.92 Å². The van der Waals surface area contributed by atoms with Crippen LogP contribution in [0.4, 0.5) is 8.78 Å². The molecule has 0 saturated carbocycles. The van der Waals surface area contributed by atoms with Crippen LogP contribution < -0.4 is 5.48 Å². The van der Waals surface area contributed by atoms with E-state index in [1.165, 1.54) is 18.2 Å². The fourth-order valence-electron chi connectivity index (χ4n) is 4.32. The number of nitrogens with zero attached hydrogens (tertiary/aromatic N) is 2. The van der Waals surface area contributed by atoms with Crippen molar-refractivity contribution in [3.05, 3.63) is 70.8 Å². The van der Waals surface area contributed by atoms with Gasteiger partial charge in [-0.15, -0.1) is 0 Å². The molecule has 2 aromatic rings. The summed E-state index contributed by atoms with van der Waals surface area (Å²) < 4.78 is 32.3. The minimum atomic E-state index is -0.440. The Kier molecular flexibility index (Phi) is 9.31. The average molecular weight is 462 g/mol. The summed E-state index contributed by atoms with van der Waals surface area (Å²) >= 11 is 0. The van der Waals surface area contributed by atoms with Crippen LogP contribution in [0.15, 0.2) is 42.5 Å². The largest absolute Gasteiger partial charge is 0.377 e. The summed E-state index contributed by atoms with van der Waals surface area (Å²) in [6.07, 6.45) is 0.590. The molecule has 2 aromatic carbocycles. The van der Waals surface area contributed by atoms with Gasteiger partial charge in [-0.1, -0.05) is 24.3 Å². The van der Waals surface area contributed by atoms with Crippen molar-refractivity contribution in [3.63, 3.8) is 0 Å². The number of hydrogen-bond acceptors (Lipinski definition) is 5. The first-order valence-corrected chi connectivity index (χ1v) is 11.3. The lowest BCUT2D eigenvalue weighted by Crippen LogP contribution is -2.46. The normalized spacial score (nSPS) is 17.0. The number of amides is 1. The number of rotatable bonds is 10. The highest BCUT2D eigenvalue weighted by atomic mass is 19.1. The van der Waals surface area contributed by atoms with Crippen LogP contribution in [0.3, 0.4) is 0 Å². The SMILES string of the molecule is CO[C@H](C[C@H](CCN1CCN(Cc2ccc(F)c(C)c2)CC1)C(=O)NO)c1ccc(F)cc1. The van der Waals surface area contributed by atoms with Crippen molar-refractivity contribution in [1.82, 2.24) is 15.3 Å². The van der Waals surface area contributed by atoms with E-state index in [1.807, 2.05) is 12.1 Å². The van der Waals surface area contributed by atoms with Crippen LogP contribution in [0.5, 0.6) is 0 Å². The van der Waals surface area contributed by atoms with Crippen LogP contribution in [0.25, 0.3) is 0 Å². The first-order chi connectivity index (χ1) is 15.9. The summed E-state index contributed by atoms with van der Waals surface area (Å²) in [5, 5.41) is 9.21. The molecule has 33 heavy (non-hydrogen) atoms. The van der Waals surface area contributed by atoms with Gasteiger partial charge in [0.05, 0.1) is 6.10 Å². The first-order valence-electron chi connectivity index (χ1n) is 11.3. The molecule has 1 fully saturated rings. The Labute approximate surface area is 194 Å². The standard InChI is InChI=1S/C25H33F2N3O3/c1-18-15-19(3-8-23(18)27)17-30-13-11-29(12-14-30)10-9-21(25(31)28-32)16-24(33-2)20-4-6-22(26)7-5-20/h3-8,15,21,24,32H,9-14,16-17H2,1-2H3,(H,28,31)/t21-,24+/m0/s1. The second-order valence-electron chi connectivity index (χ2n) is 8.67. The molecule has 2 N–H and O–H groups in total. The number of carbonyl (C=O) groups excluding carboxylic acids is 1. The van der Waals surface area contributed by atoms with Gasteiger partial charge in [0.2, 0.25) is 5.91 Å². The molecule has 1 aliphatic rings. The number of ether oxygens (including phenoxy) is 1. The summed E-state index contributed by atoms with van der Waals surface area (Å²) in [6, 6.07) is 11.3. The number of methoxy groups -OCH3 is 1. The van der Waals surface area contributed by atoms with Gasteiger partial charge in [0.25, 0.3) is 0 Å². The first kappa shape index (κ1) is 25.2. The molecule has 2 atom stereocenters. The Hall–Kier alpha value is -2.39. The van der Waals surface area contributed by atoms with Crippen LogP contribution in [0.2, 0.25) is 0 Å². The van der Waals surface area contributed by atoms with Gasteiger partial charge in [-0.25, -0.2) is 14.3 Å². The molecule has 1 heterocycles. The molecule has 3 rings (SSSR count). The summed E-state index contributed by atoms with van der Waals surface area (Å²) in [6.45, 7) is 6.82. The van der Waals surface area contributed by atoms with E-state index in [2.05, 4.69) is 9.80 Å². The van der Waals surface area contributed by atoms with Gasteiger partial charge in [-0.05, 0) is 61.2 Å². The molecule has 1 saturated heterocycles. The van der Waals surface area contributed by atoms with Gasteiger partial charge in [-0.3, -0.25) is 14.9 Å². The number of nitrogens with one attached hydrogen (secondary N) is 1. The monoisotopic (exact) mass is 461 g/mol. The van der Waals surface area contributed by atoms with Crippen LogP contribution >= 0.6 is 0 Å². The Morgan fingerprint density at radius 3 is 2.36 bits per heavy atom. The van der Waals surface area contributed by atoms with Gasteiger partial charge in [-0.2, -0.15) is 0 Å². The van der Waals surface area contributed by atoms with E-state index in [-0.39, 0.29) is 17.7 Å². The Morgan fingerprint density at radius 2 is 1.76 bits per heavy atom. The zero-order chi connectivity index (χ0) is 23.8. The quantitative estimate of drug-likeness (QED) is 0.418. The Bertz CT molecular complexity index is 902. The summed E-state index contributed by atoms with van der Waals surface area (Å²) in [4.78, 5) is 17.0. The third-order valence-electron chi connectivity index (χ3n) is 6.39. The Balaban J connectivity index is 1.50. The molecule has 8 heteroatoms. The molecule has 0 spiro atoms. The molecule has 1 amide bonds. The van der Waals surface area contributed by atoms with Crippen molar-refractivity contribution >= 4 is 5.91 Å². The molecule has 0 aliphatic carbocycles. The topological polar surface area (TPSA) is 65.0 Å². The summed E-state index contributed by atoms with van der Waals surface area (Å²) in [5.41, 5.74) is 4.34. The van der Waals surface area contributed by atoms with E-state index in [0.717, 1.165) is 50.4 Å². The van der Waals surface area contributed by atoms with E-state index in [0.29, 0.717) is 18.4 Å². The smallest absolute Gasteiger partial charge is 0.246 e. The van der Waals surface area contributed by atoms with Gasteiger partial charge in [0.1, 0.15) is 11.6 Å². The van der Waals surface area contributed by atoms with E-state index < -0.39 is 11.8 Å². The maximum absolute atomic E-state index is 13.5. The van der Waals surface area contributed by atoms with Crippen LogP contribution in [-0.4, -0.2) is 60.7 Å². The average Bonchev–Trinajstić information content (AvgIpc) is 2.83. The lowest BCUT2D eigenvalue weighted by Gasteiger charge is -2.35. The number of benzene rings is 2. The minimum Gasteiger partial charge on any atom is -0.377 e. The fourth-order valence-corrected chi connectivity index (χ4v) is 4.32. The molecule has 180 valence electrons. The van der Waals surface area contributed by atoms with E-state index in [9.17, 15) is 18.8 Å². The molecule has 0 bridgehead atoms. The number of carbonyl (C=O) groups is 1. The van der Waals surface area contributed by atoms with Crippen molar-refractivity contribution in [2.75, 3.05) is 39.8 Å². The predicted octanol–water partition coefficient (Wildman–Crippen LogP) is 3.68. The predicted molar refractivity (Wildman–Crippen MR) is 122 cm³/mol. The van der Waals surface area contributed by atoms with Crippen molar-refractivity contribution < 1.29 is 23.5 Å². The van der Waals surface area contributed by atoms with Crippen molar-refractivity contribution in [3.8, 4) is 0 Å². The molecular weight excluding hydrogens is 428 g/mol. The number of hydrogen-bond donors (Lipinski definition) is 2. The van der Waals surface area contributed by atoms with Crippen molar-refractivity contribution in [2.45, 2.75) is 32.4 Å². The van der Waals surface area contributed by atoms with Crippen molar-refractivity contribution in [1.29, 1.82) is 0 Å². The van der Waals surface area contributed by atoms with Crippen LogP contribution in [-0.2, 0) is 16.1 Å². The van der Waals surface area contributed by atoms with E-state index in [1.54, 1.807) is 31.6 Å². The molecule has 1 aliphatic heterocycles. The number of halogens is 2. The minimum absolute atomic E-state index is 0.180. The molecule has 0 unspecified atom stereocenters. The van der Waals surface area contributed by atoms with Crippen LogP contribution in [0, 0.1) is 24.5 Å². The molecule has 6 nitrogen and oxygen atoms in total. The maximum atomic E-state index is 13.5. The van der Waals surface area contributed by atoms with Gasteiger partial charge in [0.15, 0.2) is 0 Å². The van der Waals surface area contributed by atoms with E-state index in [4.69, 9.17) is 4.74 Å². The third-order valence-corrected chi connectivity index (χ3v) is 6.39. The molecular formula is C25H33F2N3O3. The zero-order valence-corrected chi connectivity index (χ0v) is 19.3. The number of aryl methyl sites for hydroxylation is 1. The highest BCUT2D eigenvalue weighted by Crippen LogP contribution is 2.27. The fraction of sp³-hybridized carbons (Fsp3) is 0.480. The van der Waals surface area contributed by atoms with Gasteiger partial charge < -0.3 is 9.64 Å². The van der Waals surface area contributed by atoms with E-state index >= 15 is 0 Å². The van der Waals surface area contributed by atoms with Crippen LogP contribution in [0.1, 0.15) is 35.6 Å². The second kappa shape index (κ2) is 12.2. The van der Waals surface area contributed by atoms with Gasteiger partial charge in [0, 0.05) is 45.8 Å². The lowest BCUT2D eigenvalue weighted by molar-refractivity contribution is -0.135.